The lowest BCUT2D eigenvalue weighted by molar-refractivity contribution is -0.252. The Labute approximate surface area is 280 Å². The van der Waals surface area contributed by atoms with Crippen LogP contribution >= 0.6 is 0 Å². The van der Waals surface area contributed by atoms with E-state index in [1.807, 2.05) is 103 Å². The zero-order chi connectivity index (χ0) is 32.7. The van der Waals surface area contributed by atoms with Crippen LogP contribution in [0, 0.1) is 0 Å². The first-order valence-corrected chi connectivity index (χ1v) is 16.3. The molecule has 7 rings (SSSR count). The maximum absolute atomic E-state index is 12.5. The maximum atomic E-state index is 12.5. The third-order valence-electron chi connectivity index (χ3n) is 8.71. The van der Waals surface area contributed by atoms with Gasteiger partial charge in [0.1, 0.15) is 0 Å². The zero-order valence-corrected chi connectivity index (χ0v) is 26.5. The second-order valence-corrected chi connectivity index (χ2v) is 12.1. The molecule has 0 radical (unpaired) electrons. The highest BCUT2D eigenvalue weighted by atomic mass is 16.7. The predicted molar refractivity (Wildman–Crippen MR) is 186 cm³/mol. The average molecular weight is 639 g/mol. The van der Waals surface area contributed by atoms with E-state index < -0.39 is 6.29 Å². The average Bonchev–Trinajstić information content (AvgIpc) is 3.56. The van der Waals surface area contributed by atoms with Crippen LogP contribution in [0.15, 0.2) is 134 Å². The molecule has 8 heteroatoms. The molecule has 2 amide bonds. The van der Waals surface area contributed by atoms with Gasteiger partial charge in [-0.15, -0.1) is 0 Å². The molecule has 3 N–H and O–H groups in total. The molecule has 0 bridgehead atoms. The number of carbonyl (C=O) groups is 1. The number of nitrogens with zero attached hydrogens (tertiary/aromatic N) is 2. The van der Waals surface area contributed by atoms with Crippen molar-refractivity contribution in [3.05, 3.63) is 162 Å². The number of benzene rings is 5. The topological polar surface area (TPSA) is 97.6 Å². The number of aromatic nitrogens is 2. The van der Waals surface area contributed by atoms with E-state index in [1.165, 1.54) is 0 Å². The second-order valence-electron chi connectivity index (χ2n) is 12.1. The number of ether oxygens (including phenoxy) is 2. The minimum absolute atomic E-state index is 0.000616. The summed E-state index contributed by atoms with van der Waals surface area (Å²) in [6.07, 6.45) is 1.64. The summed E-state index contributed by atoms with van der Waals surface area (Å²) in [6, 6.07) is 42.1. The van der Waals surface area contributed by atoms with Crippen LogP contribution in [0.25, 0.3) is 22.2 Å². The summed E-state index contributed by atoms with van der Waals surface area (Å²) >= 11 is 0. The Morgan fingerprint density at radius 1 is 0.729 bits per heavy atom. The van der Waals surface area contributed by atoms with E-state index in [1.54, 1.807) is 0 Å². The van der Waals surface area contributed by atoms with Gasteiger partial charge < -0.3 is 29.8 Å². The van der Waals surface area contributed by atoms with E-state index in [-0.39, 0.29) is 24.8 Å². The third kappa shape index (κ3) is 7.47. The van der Waals surface area contributed by atoms with Gasteiger partial charge >= 0.3 is 6.03 Å². The van der Waals surface area contributed by atoms with Crippen molar-refractivity contribution >= 4 is 17.1 Å². The summed E-state index contributed by atoms with van der Waals surface area (Å²) in [5, 5.41) is 15.4. The number of hydrogen-bond donors (Lipinski definition) is 3. The Kier molecular flexibility index (Phi) is 9.56. The molecule has 3 atom stereocenters. The highest BCUT2D eigenvalue weighted by Gasteiger charge is 2.33. The number of hydrogen-bond acceptors (Lipinski definition) is 5. The van der Waals surface area contributed by atoms with Gasteiger partial charge in [0.05, 0.1) is 42.7 Å². The lowest BCUT2D eigenvalue weighted by Crippen LogP contribution is -2.34. The van der Waals surface area contributed by atoms with E-state index in [9.17, 15) is 9.90 Å². The summed E-state index contributed by atoms with van der Waals surface area (Å²) in [6.45, 7) is 1.52. The van der Waals surface area contributed by atoms with Crippen LogP contribution < -0.4 is 10.6 Å². The van der Waals surface area contributed by atoms with E-state index in [0.717, 1.165) is 50.0 Å². The number of para-hydroxylation sites is 2. The number of rotatable bonds is 10. The fourth-order valence-electron chi connectivity index (χ4n) is 6.16. The van der Waals surface area contributed by atoms with Gasteiger partial charge in [-0.25, -0.2) is 9.78 Å². The standard InChI is InChI=1S/C40H38N4O4/c45-26-29-16-18-31(19-17-29)38-22-35(25-44-27-43-36-14-4-5-15-37(36)44)47-39(48-38)34-13-7-12-33(21-34)32-11-6-10-30(20-32)24-42-40(46)41-23-28-8-2-1-3-9-28/h1-21,27,35,38-39,45H,22-26H2,(H2,41,42,46)/t35-,38+,39+/m0/s1. The molecule has 1 aliphatic heterocycles. The molecular weight excluding hydrogens is 600 g/mol. The highest BCUT2D eigenvalue weighted by Crippen LogP contribution is 2.39. The predicted octanol–water partition coefficient (Wildman–Crippen LogP) is 7.44. The van der Waals surface area contributed by atoms with Crippen LogP contribution in [-0.2, 0) is 35.7 Å². The molecule has 2 heterocycles. The molecule has 0 aliphatic carbocycles. The quantitative estimate of drug-likeness (QED) is 0.145. The number of imidazole rings is 1. The van der Waals surface area contributed by atoms with Crippen molar-refractivity contribution in [3.63, 3.8) is 0 Å². The summed E-state index contributed by atoms with van der Waals surface area (Å²) in [7, 11) is 0. The van der Waals surface area contributed by atoms with Crippen LogP contribution in [0.4, 0.5) is 4.79 Å². The molecule has 1 aromatic heterocycles. The first kappa shape index (κ1) is 31.3. The van der Waals surface area contributed by atoms with Crippen molar-refractivity contribution in [1.29, 1.82) is 0 Å². The SMILES string of the molecule is O=C(NCc1ccccc1)NCc1cccc(-c2cccc([C@@H]3O[C@H](Cn4cnc5ccccc54)C[C@H](c4ccc(CO)cc4)O3)c2)c1. The van der Waals surface area contributed by atoms with E-state index in [4.69, 9.17) is 9.47 Å². The highest BCUT2D eigenvalue weighted by molar-refractivity contribution is 5.75. The number of nitrogens with one attached hydrogen (secondary N) is 2. The fraction of sp³-hybridized carbons (Fsp3) is 0.200. The lowest BCUT2D eigenvalue weighted by Gasteiger charge is -2.36. The molecule has 1 aliphatic rings. The molecule has 0 unspecified atom stereocenters. The summed E-state index contributed by atoms with van der Waals surface area (Å²) in [5.74, 6) is 0. The molecular formula is C40H38N4O4. The molecule has 0 saturated carbocycles. The van der Waals surface area contributed by atoms with E-state index in [2.05, 4.69) is 50.5 Å². The Morgan fingerprint density at radius 3 is 2.25 bits per heavy atom. The van der Waals surface area contributed by atoms with Gasteiger partial charge in [0.15, 0.2) is 6.29 Å². The molecule has 5 aromatic carbocycles. The molecule has 6 aromatic rings. The fourth-order valence-corrected chi connectivity index (χ4v) is 6.16. The van der Waals surface area contributed by atoms with Crippen molar-refractivity contribution in [3.8, 4) is 11.1 Å². The molecule has 242 valence electrons. The Balaban J connectivity index is 1.08. The largest absolute Gasteiger partial charge is 0.392 e. The first-order valence-electron chi connectivity index (χ1n) is 16.3. The van der Waals surface area contributed by atoms with Crippen molar-refractivity contribution in [2.45, 2.75) is 51.2 Å². The molecule has 0 spiro atoms. The smallest absolute Gasteiger partial charge is 0.315 e. The van der Waals surface area contributed by atoms with Gasteiger partial charge in [-0.1, -0.05) is 103 Å². The van der Waals surface area contributed by atoms with Gasteiger partial charge in [-0.3, -0.25) is 0 Å². The Hall–Kier alpha value is -5.28. The molecule has 1 fully saturated rings. The number of aliphatic hydroxyl groups is 1. The van der Waals surface area contributed by atoms with Gasteiger partial charge in [0, 0.05) is 25.1 Å². The normalized spacial score (nSPS) is 17.6. The monoisotopic (exact) mass is 638 g/mol. The minimum Gasteiger partial charge on any atom is -0.392 e. The van der Waals surface area contributed by atoms with Gasteiger partial charge in [0.25, 0.3) is 0 Å². The number of carbonyl (C=O) groups excluding carboxylic acids is 1. The van der Waals surface area contributed by atoms with Gasteiger partial charge in [-0.05, 0) is 57.6 Å². The van der Waals surface area contributed by atoms with E-state index >= 15 is 0 Å². The summed E-state index contributed by atoms with van der Waals surface area (Å²) in [5.41, 5.74) is 8.97. The van der Waals surface area contributed by atoms with Crippen LogP contribution in [0.5, 0.6) is 0 Å². The molecule has 48 heavy (non-hydrogen) atoms. The summed E-state index contributed by atoms with van der Waals surface area (Å²) < 4.78 is 15.4. The number of fused-ring (bicyclic) bond motifs is 1. The van der Waals surface area contributed by atoms with Crippen LogP contribution in [0.1, 0.15) is 46.6 Å². The van der Waals surface area contributed by atoms with Crippen LogP contribution in [0.3, 0.4) is 0 Å². The number of urea groups is 1. The number of amides is 2. The molecule has 8 nitrogen and oxygen atoms in total. The van der Waals surface area contributed by atoms with Crippen molar-refractivity contribution in [2.24, 2.45) is 0 Å². The number of aliphatic hydroxyl groups excluding tert-OH is 1. The summed E-state index contributed by atoms with van der Waals surface area (Å²) in [4.78, 5) is 17.0. The van der Waals surface area contributed by atoms with Crippen molar-refractivity contribution in [2.75, 3.05) is 0 Å². The van der Waals surface area contributed by atoms with Crippen LogP contribution in [0.2, 0.25) is 0 Å². The second kappa shape index (κ2) is 14.6. The lowest BCUT2D eigenvalue weighted by atomic mass is 9.98. The van der Waals surface area contributed by atoms with Crippen molar-refractivity contribution in [1.82, 2.24) is 20.2 Å². The third-order valence-corrected chi connectivity index (χ3v) is 8.71. The Bertz CT molecular complexity index is 1980. The zero-order valence-electron chi connectivity index (χ0n) is 26.5. The maximum Gasteiger partial charge on any atom is 0.315 e. The van der Waals surface area contributed by atoms with Crippen molar-refractivity contribution < 1.29 is 19.4 Å². The first-order chi connectivity index (χ1) is 23.6. The minimum atomic E-state index is -0.584. The van der Waals surface area contributed by atoms with E-state index in [0.29, 0.717) is 26.1 Å². The molecule has 1 saturated heterocycles. The van der Waals surface area contributed by atoms with Gasteiger partial charge in [0.2, 0.25) is 0 Å². The van der Waals surface area contributed by atoms with Crippen LogP contribution in [-0.4, -0.2) is 26.8 Å². The Morgan fingerprint density at radius 2 is 1.44 bits per heavy atom. The van der Waals surface area contributed by atoms with Gasteiger partial charge in [-0.2, -0.15) is 0 Å².